The minimum atomic E-state index is -0.118. The van der Waals surface area contributed by atoms with E-state index in [1.54, 1.807) is 0 Å². The Balaban J connectivity index is 2.06. The summed E-state index contributed by atoms with van der Waals surface area (Å²) in [4.78, 5) is 4.60. The first-order valence-electron chi connectivity index (χ1n) is 6.94. The van der Waals surface area contributed by atoms with Crippen molar-refractivity contribution in [3.8, 4) is 0 Å². The maximum atomic E-state index is 5.56. The maximum Gasteiger partial charge on any atom is 0.237 e. The zero-order chi connectivity index (χ0) is 13.1. The Morgan fingerprint density at radius 3 is 2.58 bits per heavy atom. The first-order valence-corrected chi connectivity index (χ1v) is 6.94. The molecule has 0 saturated carbocycles. The lowest BCUT2D eigenvalue weighted by Crippen LogP contribution is -2.41. The van der Waals surface area contributed by atoms with Gasteiger partial charge < -0.3 is 9.84 Å². The van der Waals surface area contributed by atoms with E-state index in [1.165, 1.54) is 5.56 Å². The highest BCUT2D eigenvalue weighted by atomic mass is 16.5. The van der Waals surface area contributed by atoms with Gasteiger partial charge in [-0.2, -0.15) is 4.98 Å². The van der Waals surface area contributed by atoms with E-state index in [9.17, 15) is 0 Å². The van der Waals surface area contributed by atoms with Crippen molar-refractivity contribution in [3.63, 3.8) is 0 Å². The molecule has 0 bridgehead atoms. The quantitative estimate of drug-likeness (QED) is 0.916. The van der Waals surface area contributed by atoms with Gasteiger partial charge in [0, 0.05) is 6.42 Å². The monoisotopic (exact) mass is 257 g/mol. The van der Waals surface area contributed by atoms with Gasteiger partial charge in [-0.05, 0) is 31.5 Å². The van der Waals surface area contributed by atoms with Crippen molar-refractivity contribution in [2.24, 2.45) is 0 Å². The molecule has 4 nitrogen and oxygen atoms in total. The number of aryl methyl sites for hydroxylation is 1. The molecule has 19 heavy (non-hydrogen) atoms. The number of nitrogens with one attached hydrogen (secondary N) is 1. The minimum Gasteiger partial charge on any atom is -0.338 e. The van der Waals surface area contributed by atoms with E-state index < -0.39 is 0 Å². The summed E-state index contributed by atoms with van der Waals surface area (Å²) in [5.74, 6) is 1.57. The van der Waals surface area contributed by atoms with E-state index in [2.05, 4.69) is 39.7 Å². The third-order valence-electron chi connectivity index (χ3n) is 3.98. The molecule has 1 fully saturated rings. The highest BCUT2D eigenvalue weighted by Gasteiger charge is 2.40. The molecule has 0 radical (unpaired) electrons. The molecule has 0 atom stereocenters. The van der Waals surface area contributed by atoms with E-state index >= 15 is 0 Å². The third kappa shape index (κ3) is 2.16. The lowest BCUT2D eigenvalue weighted by atomic mass is 9.73. The van der Waals surface area contributed by atoms with Crippen molar-refractivity contribution in [1.29, 1.82) is 0 Å². The fourth-order valence-corrected chi connectivity index (χ4v) is 2.83. The summed E-state index contributed by atoms with van der Waals surface area (Å²) < 4.78 is 5.56. The molecule has 1 N–H and O–H groups in total. The van der Waals surface area contributed by atoms with Crippen LogP contribution in [-0.2, 0) is 11.8 Å². The number of aromatic nitrogens is 2. The fraction of sp³-hybridized carbons (Fsp3) is 0.467. The van der Waals surface area contributed by atoms with Crippen LogP contribution in [-0.4, -0.2) is 23.2 Å². The van der Waals surface area contributed by atoms with E-state index in [0.717, 1.165) is 44.1 Å². The van der Waals surface area contributed by atoms with Gasteiger partial charge in [-0.25, -0.2) is 0 Å². The summed E-state index contributed by atoms with van der Waals surface area (Å²) in [6.45, 7) is 4.02. The fourth-order valence-electron chi connectivity index (χ4n) is 2.83. The zero-order valence-electron chi connectivity index (χ0n) is 11.2. The Morgan fingerprint density at radius 2 is 1.95 bits per heavy atom. The lowest BCUT2D eigenvalue weighted by Gasteiger charge is -2.34. The summed E-state index contributed by atoms with van der Waals surface area (Å²) in [5, 5.41) is 7.48. The number of hydrogen-bond donors (Lipinski definition) is 1. The summed E-state index contributed by atoms with van der Waals surface area (Å²) in [6.07, 6.45) is 2.82. The van der Waals surface area contributed by atoms with Crippen LogP contribution in [0.4, 0.5) is 0 Å². The van der Waals surface area contributed by atoms with Crippen molar-refractivity contribution in [2.75, 3.05) is 13.1 Å². The average molecular weight is 257 g/mol. The third-order valence-corrected chi connectivity index (χ3v) is 3.98. The molecule has 1 aliphatic heterocycles. The minimum absolute atomic E-state index is 0.118. The Bertz CT molecular complexity index is 529. The molecule has 0 unspecified atom stereocenters. The summed E-state index contributed by atoms with van der Waals surface area (Å²) in [5.41, 5.74) is 1.16. The smallest absolute Gasteiger partial charge is 0.237 e. The van der Waals surface area contributed by atoms with Gasteiger partial charge in [-0.1, -0.05) is 42.4 Å². The van der Waals surface area contributed by atoms with Crippen LogP contribution in [0.1, 0.15) is 37.0 Å². The SMILES string of the molecule is CCc1noc(C2(c3ccccc3)CCNCC2)n1. The van der Waals surface area contributed by atoms with Crippen molar-refractivity contribution < 1.29 is 4.52 Å². The van der Waals surface area contributed by atoms with Crippen LogP contribution >= 0.6 is 0 Å². The highest BCUT2D eigenvalue weighted by Crippen LogP contribution is 2.39. The van der Waals surface area contributed by atoms with Crippen LogP contribution in [0.2, 0.25) is 0 Å². The lowest BCUT2D eigenvalue weighted by molar-refractivity contribution is 0.259. The van der Waals surface area contributed by atoms with Gasteiger partial charge in [-0.15, -0.1) is 0 Å². The standard InChI is InChI=1S/C15H19N3O/c1-2-13-17-14(19-18-13)15(8-10-16-11-9-15)12-6-4-3-5-7-12/h3-7,16H,2,8-11H2,1H3. The van der Waals surface area contributed by atoms with Gasteiger partial charge in [0.15, 0.2) is 5.82 Å². The molecule has 0 aliphatic carbocycles. The number of benzene rings is 1. The highest BCUT2D eigenvalue weighted by molar-refractivity contribution is 5.32. The molecule has 0 spiro atoms. The molecular formula is C15H19N3O. The van der Waals surface area contributed by atoms with Crippen LogP contribution in [0.3, 0.4) is 0 Å². The van der Waals surface area contributed by atoms with Gasteiger partial charge in [-0.3, -0.25) is 0 Å². The Kier molecular flexibility index (Phi) is 3.34. The van der Waals surface area contributed by atoms with Crippen molar-refractivity contribution in [3.05, 3.63) is 47.6 Å². The first-order chi connectivity index (χ1) is 9.35. The van der Waals surface area contributed by atoms with Crippen LogP contribution < -0.4 is 5.32 Å². The Morgan fingerprint density at radius 1 is 1.21 bits per heavy atom. The summed E-state index contributed by atoms with van der Waals surface area (Å²) in [7, 11) is 0. The molecule has 1 aromatic carbocycles. The molecule has 4 heteroatoms. The molecule has 0 amide bonds. The van der Waals surface area contributed by atoms with Crippen molar-refractivity contribution in [2.45, 2.75) is 31.6 Å². The first kappa shape index (κ1) is 12.4. The van der Waals surface area contributed by atoms with Gasteiger partial charge in [0.1, 0.15) is 0 Å². The average Bonchev–Trinajstić information content (AvgIpc) is 2.98. The molecule has 100 valence electrons. The predicted molar refractivity (Wildman–Crippen MR) is 73.0 cm³/mol. The second-order valence-electron chi connectivity index (χ2n) is 5.07. The van der Waals surface area contributed by atoms with E-state index in [0.29, 0.717) is 0 Å². The largest absolute Gasteiger partial charge is 0.338 e. The molecule has 1 aromatic heterocycles. The van der Waals surface area contributed by atoms with Gasteiger partial charge in [0.25, 0.3) is 0 Å². The number of nitrogens with zero attached hydrogens (tertiary/aromatic N) is 2. The van der Waals surface area contributed by atoms with Crippen molar-refractivity contribution in [1.82, 2.24) is 15.5 Å². The second-order valence-corrected chi connectivity index (χ2v) is 5.07. The van der Waals surface area contributed by atoms with E-state index in [4.69, 9.17) is 4.52 Å². The number of piperidine rings is 1. The summed E-state index contributed by atoms with van der Waals surface area (Å²) >= 11 is 0. The van der Waals surface area contributed by atoms with Gasteiger partial charge in [0.05, 0.1) is 5.41 Å². The van der Waals surface area contributed by atoms with Crippen LogP contribution in [0.15, 0.2) is 34.9 Å². The van der Waals surface area contributed by atoms with E-state index in [-0.39, 0.29) is 5.41 Å². The summed E-state index contributed by atoms with van der Waals surface area (Å²) in [6, 6.07) is 10.5. The normalized spacial score (nSPS) is 18.4. The predicted octanol–water partition coefficient (Wildman–Crippen LogP) is 2.30. The van der Waals surface area contributed by atoms with E-state index in [1.807, 2.05) is 13.0 Å². The Labute approximate surface area is 113 Å². The molecule has 2 heterocycles. The van der Waals surface area contributed by atoms with Crippen molar-refractivity contribution >= 4 is 0 Å². The topological polar surface area (TPSA) is 51.0 Å². The van der Waals surface area contributed by atoms with Crippen LogP contribution in [0.5, 0.6) is 0 Å². The van der Waals surface area contributed by atoms with Gasteiger partial charge in [0.2, 0.25) is 5.89 Å². The molecular weight excluding hydrogens is 238 g/mol. The molecule has 1 saturated heterocycles. The second kappa shape index (κ2) is 5.13. The van der Waals surface area contributed by atoms with Crippen LogP contribution in [0, 0.1) is 0 Å². The molecule has 1 aliphatic rings. The Hall–Kier alpha value is -1.68. The van der Waals surface area contributed by atoms with Gasteiger partial charge >= 0.3 is 0 Å². The molecule has 2 aromatic rings. The van der Waals surface area contributed by atoms with Crippen LogP contribution in [0.25, 0.3) is 0 Å². The zero-order valence-corrected chi connectivity index (χ0v) is 11.2. The molecule has 3 rings (SSSR count). The maximum absolute atomic E-state index is 5.56. The number of hydrogen-bond acceptors (Lipinski definition) is 4. The number of rotatable bonds is 3.